The number of para-hydroxylation sites is 4. The van der Waals surface area contributed by atoms with E-state index in [2.05, 4.69) is 130 Å². The van der Waals surface area contributed by atoms with Crippen LogP contribution in [0.25, 0.3) is 87.3 Å². The van der Waals surface area contributed by atoms with Crippen LogP contribution in [0.1, 0.15) is 0 Å². The van der Waals surface area contributed by atoms with Crippen LogP contribution in [-0.4, -0.2) is 8.80 Å². The van der Waals surface area contributed by atoms with E-state index in [4.69, 9.17) is 48.9 Å². The molecular formula is C40H20N2S4. The molecule has 0 spiro atoms. The molecule has 46 heavy (non-hydrogen) atoms. The summed E-state index contributed by atoms with van der Waals surface area (Å²) in [6.45, 7) is 0. The zero-order valence-electron chi connectivity index (χ0n) is 24.1. The van der Waals surface area contributed by atoms with Crippen LogP contribution in [0.2, 0.25) is 0 Å². The fourth-order valence-electron chi connectivity index (χ4n) is 7.53. The Labute approximate surface area is 282 Å². The highest BCUT2D eigenvalue weighted by Gasteiger charge is 2.17. The topological polar surface area (TPSA) is 8.82 Å². The summed E-state index contributed by atoms with van der Waals surface area (Å²) in [5.41, 5.74) is 8.65. The van der Waals surface area contributed by atoms with E-state index in [1.807, 2.05) is 0 Å². The van der Waals surface area contributed by atoms with Crippen molar-refractivity contribution in [2.24, 2.45) is 0 Å². The molecule has 6 heteroatoms. The first-order chi connectivity index (χ1) is 22.5. The van der Waals surface area contributed by atoms with Crippen LogP contribution in [0.5, 0.6) is 0 Å². The Balaban J connectivity index is 1.31. The van der Waals surface area contributed by atoms with Crippen LogP contribution >= 0.6 is 48.9 Å². The van der Waals surface area contributed by atoms with Gasteiger partial charge in [0.2, 0.25) is 0 Å². The molecule has 2 nitrogen and oxygen atoms in total. The highest BCUT2D eigenvalue weighted by molar-refractivity contribution is 7.72. The van der Waals surface area contributed by atoms with Gasteiger partial charge in [-0.1, -0.05) is 134 Å². The summed E-state index contributed by atoms with van der Waals surface area (Å²) in [6, 6.07) is 42.6. The smallest absolute Gasteiger partial charge is 0.0636 e. The minimum absolute atomic E-state index is 0.836. The molecule has 4 heterocycles. The molecule has 0 aliphatic carbocycles. The van der Waals surface area contributed by atoms with E-state index in [1.54, 1.807) is 0 Å². The van der Waals surface area contributed by atoms with Gasteiger partial charge in [0.15, 0.2) is 0 Å². The van der Waals surface area contributed by atoms with E-state index in [0.29, 0.717) is 0 Å². The summed E-state index contributed by atoms with van der Waals surface area (Å²) in [4.78, 5) is 0. The van der Waals surface area contributed by atoms with Crippen molar-refractivity contribution in [1.29, 1.82) is 0 Å². The van der Waals surface area contributed by atoms with Crippen molar-refractivity contribution in [3.05, 3.63) is 139 Å². The zero-order chi connectivity index (χ0) is 30.8. The van der Waals surface area contributed by atoms with Gasteiger partial charge in [-0.3, -0.25) is 0 Å². The molecule has 0 amide bonds. The first-order valence-corrected chi connectivity index (χ1v) is 16.7. The predicted molar refractivity (Wildman–Crippen MR) is 205 cm³/mol. The Bertz CT molecular complexity index is 3010. The Morgan fingerprint density at radius 3 is 1.04 bits per heavy atom. The maximum Gasteiger partial charge on any atom is 0.0636 e. The van der Waals surface area contributed by atoms with Crippen molar-refractivity contribution in [1.82, 2.24) is 8.80 Å². The van der Waals surface area contributed by atoms with Gasteiger partial charge in [0.25, 0.3) is 0 Å². The van der Waals surface area contributed by atoms with Crippen LogP contribution in [0.3, 0.4) is 0 Å². The summed E-state index contributed by atoms with van der Waals surface area (Å²) in [5.74, 6) is 0. The summed E-state index contributed by atoms with van der Waals surface area (Å²) < 4.78 is 8.07. The van der Waals surface area contributed by atoms with E-state index in [-0.39, 0.29) is 0 Å². The second-order valence-electron chi connectivity index (χ2n) is 11.9. The molecule has 0 saturated heterocycles. The first kappa shape index (κ1) is 26.5. The molecule has 0 aliphatic rings. The van der Waals surface area contributed by atoms with Crippen LogP contribution in [-0.2, 0) is 0 Å². The van der Waals surface area contributed by atoms with E-state index in [0.717, 1.165) is 105 Å². The Hall–Kier alpha value is -4.72. The molecule has 10 aromatic rings. The number of hydrogen-bond acceptors (Lipinski definition) is 4. The molecule has 0 unspecified atom stereocenters. The van der Waals surface area contributed by atoms with Crippen LogP contribution in [0.4, 0.5) is 0 Å². The second-order valence-corrected chi connectivity index (χ2v) is 13.5. The Morgan fingerprint density at radius 1 is 0.304 bits per heavy atom. The lowest BCUT2D eigenvalue weighted by atomic mass is 9.98. The summed E-state index contributed by atoms with van der Waals surface area (Å²) >= 11 is 24.3. The van der Waals surface area contributed by atoms with Gasteiger partial charge < -0.3 is 8.80 Å². The van der Waals surface area contributed by atoms with Gasteiger partial charge in [0, 0.05) is 43.1 Å². The van der Waals surface area contributed by atoms with Crippen LogP contribution < -0.4 is 0 Å². The number of nitrogens with zero attached hydrogens (tertiary/aromatic N) is 2. The highest BCUT2D eigenvalue weighted by atomic mass is 32.1. The second kappa shape index (κ2) is 9.41. The highest BCUT2D eigenvalue weighted by Crippen LogP contribution is 2.38. The number of fused-ring (bicyclic) bond motifs is 8. The molecule has 6 aromatic carbocycles. The molecule has 4 aromatic heterocycles. The third-order valence-electron chi connectivity index (χ3n) is 9.57. The SMILES string of the molecule is S=c1c2ccccc2n2c3ccc(-c4ccc5c(c4)c(=S)c4cccc6c(=S)c7ccccc7n5c64)cc3c(=S)c3cccc1c32. The largest absolute Gasteiger partial charge is 0.308 e. The number of hydrogen-bond donors (Lipinski definition) is 0. The van der Waals surface area contributed by atoms with Gasteiger partial charge in [0.1, 0.15) is 0 Å². The quantitative estimate of drug-likeness (QED) is 0.0987. The lowest BCUT2D eigenvalue weighted by Gasteiger charge is -2.17. The van der Waals surface area contributed by atoms with Crippen molar-refractivity contribution in [2.45, 2.75) is 0 Å². The summed E-state index contributed by atoms with van der Waals surface area (Å²) in [5, 5.41) is 8.38. The fraction of sp³-hybridized carbons (Fsp3) is 0. The molecule has 214 valence electrons. The van der Waals surface area contributed by atoms with Gasteiger partial charge >= 0.3 is 0 Å². The van der Waals surface area contributed by atoms with E-state index < -0.39 is 0 Å². The molecule has 0 saturated carbocycles. The minimum atomic E-state index is 0.836. The van der Waals surface area contributed by atoms with Gasteiger partial charge in [0.05, 0.1) is 51.1 Å². The lowest BCUT2D eigenvalue weighted by molar-refractivity contribution is 1.31. The average molecular weight is 657 g/mol. The zero-order valence-corrected chi connectivity index (χ0v) is 27.3. The lowest BCUT2D eigenvalue weighted by Crippen LogP contribution is -1.99. The van der Waals surface area contributed by atoms with Gasteiger partial charge in [-0.25, -0.2) is 0 Å². The standard InChI is InChI=1S/C40H20N2S4/c43-37-23-7-1-3-13-31(23)41-33-17-15-21(19-29(33)39(45)27-11-5-9-25(37)35(27)41)22-16-18-34-30(20-22)40(46)28-12-6-10-26-36(28)42(34)32-14-4-2-8-24(32)38(26)44/h1-20H. The molecular weight excluding hydrogens is 637 g/mol. The van der Waals surface area contributed by atoms with Gasteiger partial charge in [-0.05, 0) is 47.5 Å². The summed E-state index contributed by atoms with van der Waals surface area (Å²) in [6.07, 6.45) is 0. The number of benzene rings is 6. The van der Waals surface area contributed by atoms with E-state index >= 15 is 0 Å². The molecule has 10 rings (SSSR count). The average Bonchev–Trinajstić information content (AvgIpc) is 3.10. The number of rotatable bonds is 1. The van der Waals surface area contributed by atoms with Crippen LogP contribution in [0.15, 0.2) is 121 Å². The Morgan fingerprint density at radius 2 is 0.630 bits per heavy atom. The molecule has 0 fully saturated rings. The Kier molecular flexibility index (Phi) is 5.42. The molecule has 0 radical (unpaired) electrons. The maximum absolute atomic E-state index is 6.20. The van der Waals surface area contributed by atoms with Gasteiger partial charge in [-0.15, -0.1) is 0 Å². The third kappa shape index (κ3) is 3.34. The monoisotopic (exact) mass is 656 g/mol. The first-order valence-electron chi connectivity index (χ1n) is 15.0. The van der Waals surface area contributed by atoms with E-state index in [9.17, 15) is 0 Å². The third-order valence-corrected chi connectivity index (χ3v) is 11.3. The van der Waals surface area contributed by atoms with E-state index in [1.165, 1.54) is 0 Å². The van der Waals surface area contributed by atoms with Crippen molar-refractivity contribution in [3.63, 3.8) is 0 Å². The van der Waals surface area contributed by atoms with Crippen molar-refractivity contribution in [3.8, 4) is 11.1 Å². The molecule has 0 N–H and O–H groups in total. The summed E-state index contributed by atoms with van der Waals surface area (Å²) in [7, 11) is 0. The maximum atomic E-state index is 6.20. The normalized spacial score (nSPS) is 12.3. The van der Waals surface area contributed by atoms with Crippen molar-refractivity contribution in [2.75, 3.05) is 0 Å². The number of aromatic nitrogens is 2. The van der Waals surface area contributed by atoms with Gasteiger partial charge in [-0.2, -0.15) is 0 Å². The molecule has 0 aliphatic heterocycles. The molecule has 0 atom stereocenters. The van der Waals surface area contributed by atoms with Crippen molar-refractivity contribution >= 4 is 125 Å². The van der Waals surface area contributed by atoms with Crippen molar-refractivity contribution < 1.29 is 0 Å². The van der Waals surface area contributed by atoms with Crippen LogP contribution in [0, 0.1) is 18.0 Å². The molecule has 0 bridgehead atoms. The minimum Gasteiger partial charge on any atom is -0.308 e. The fourth-order valence-corrected chi connectivity index (χ4v) is 8.86. The number of pyridine rings is 4. The predicted octanol–water partition coefficient (Wildman–Crippen LogP) is 12.6.